The Morgan fingerprint density at radius 3 is 2.26 bits per heavy atom. The molecule has 0 amide bonds. The van der Waals surface area contributed by atoms with Crippen molar-refractivity contribution in [1.82, 2.24) is 10.2 Å². The number of nitrogens with zero attached hydrogens (tertiary/aromatic N) is 2. The van der Waals surface area contributed by atoms with Crippen LogP contribution in [0.4, 0.5) is 4.39 Å². The Hall–Kier alpha value is -2.35. The molecule has 0 atom stereocenters. The number of aromatic nitrogens is 2. The molecule has 0 aliphatic rings. The zero-order chi connectivity index (χ0) is 20.2. The van der Waals surface area contributed by atoms with E-state index in [9.17, 15) is 30.3 Å². The SMILES string of the molecule is CC(C)(c1nnc(-c2cc3cc(F)ccc3o2)o1)C(S(=O)(=O)O)S(=O)(=O)O. The number of rotatable bonds is 5. The molecule has 2 heterocycles. The van der Waals surface area contributed by atoms with Crippen LogP contribution in [0, 0.1) is 5.82 Å². The van der Waals surface area contributed by atoms with Crippen LogP contribution < -0.4 is 0 Å². The van der Waals surface area contributed by atoms with Crippen LogP contribution in [0.25, 0.3) is 22.6 Å². The number of benzene rings is 1. The van der Waals surface area contributed by atoms with Gasteiger partial charge >= 0.3 is 0 Å². The number of fused-ring (bicyclic) bond motifs is 1. The fourth-order valence-corrected chi connectivity index (χ4v) is 5.62. The summed E-state index contributed by atoms with van der Waals surface area (Å²) >= 11 is 0. The summed E-state index contributed by atoms with van der Waals surface area (Å²) in [6, 6.07) is 5.16. The summed E-state index contributed by atoms with van der Waals surface area (Å²) in [7, 11) is -10.5. The van der Waals surface area contributed by atoms with E-state index in [0.717, 1.165) is 13.8 Å². The minimum Gasteiger partial charge on any atom is -0.451 e. The van der Waals surface area contributed by atoms with Crippen LogP contribution in [0.1, 0.15) is 19.7 Å². The van der Waals surface area contributed by atoms with Gasteiger partial charge in [-0.1, -0.05) is 0 Å². The van der Waals surface area contributed by atoms with Crippen LogP contribution in [0.2, 0.25) is 0 Å². The fourth-order valence-electron chi connectivity index (χ4n) is 2.70. The number of hydrogen-bond acceptors (Lipinski definition) is 8. The molecule has 0 aliphatic carbocycles. The van der Waals surface area contributed by atoms with Crippen molar-refractivity contribution in [1.29, 1.82) is 0 Å². The van der Waals surface area contributed by atoms with Crippen molar-refractivity contribution in [3.8, 4) is 11.7 Å². The Kier molecular flexibility index (Phi) is 4.38. The predicted molar refractivity (Wildman–Crippen MR) is 89.4 cm³/mol. The maximum atomic E-state index is 13.3. The number of halogens is 1. The van der Waals surface area contributed by atoms with Gasteiger partial charge in [0.2, 0.25) is 10.5 Å². The third-order valence-electron chi connectivity index (χ3n) is 3.80. The zero-order valence-electron chi connectivity index (χ0n) is 13.8. The second-order valence-electron chi connectivity index (χ2n) is 6.29. The van der Waals surface area contributed by atoms with E-state index in [1.807, 2.05) is 0 Å². The lowest BCUT2D eigenvalue weighted by molar-refractivity contribution is 0.353. The quantitative estimate of drug-likeness (QED) is 0.584. The van der Waals surface area contributed by atoms with Crippen molar-refractivity contribution < 1.29 is 39.2 Å². The molecule has 0 saturated carbocycles. The van der Waals surface area contributed by atoms with Gasteiger partial charge in [-0.2, -0.15) is 16.8 Å². The van der Waals surface area contributed by atoms with Crippen molar-refractivity contribution in [3.05, 3.63) is 36.0 Å². The third kappa shape index (κ3) is 3.58. The molecular weight excluding hydrogens is 407 g/mol. The molecule has 2 aromatic heterocycles. The lowest BCUT2D eigenvalue weighted by Gasteiger charge is -2.25. The molecule has 1 aromatic carbocycles. The molecule has 2 N–H and O–H groups in total. The highest BCUT2D eigenvalue weighted by molar-refractivity contribution is 8.04. The van der Waals surface area contributed by atoms with Crippen molar-refractivity contribution in [2.24, 2.45) is 0 Å². The Morgan fingerprint density at radius 2 is 1.67 bits per heavy atom. The van der Waals surface area contributed by atoms with Gasteiger partial charge in [-0.3, -0.25) is 9.11 Å². The van der Waals surface area contributed by atoms with Crippen LogP contribution in [-0.2, 0) is 25.7 Å². The summed E-state index contributed by atoms with van der Waals surface area (Å²) in [5.74, 6) is -1.20. The van der Waals surface area contributed by atoms with E-state index in [2.05, 4.69) is 10.2 Å². The molecule has 0 aliphatic heterocycles. The monoisotopic (exact) mass is 420 g/mol. The zero-order valence-corrected chi connectivity index (χ0v) is 15.5. The maximum Gasteiger partial charge on any atom is 0.285 e. The minimum atomic E-state index is -5.24. The Labute approximate surface area is 152 Å². The van der Waals surface area contributed by atoms with Crippen molar-refractivity contribution >= 4 is 31.2 Å². The molecule has 27 heavy (non-hydrogen) atoms. The summed E-state index contributed by atoms with van der Waals surface area (Å²) in [5, 5.41) is 7.66. The number of hydrogen-bond donors (Lipinski definition) is 2. The average Bonchev–Trinajstić information content (AvgIpc) is 3.09. The molecule has 146 valence electrons. The van der Waals surface area contributed by atoms with Gasteiger partial charge < -0.3 is 8.83 Å². The highest BCUT2D eigenvalue weighted by Crippen LogP contribution is 2.35. The van der Waals surface area contributed by atoms with Gasteiger partial charge in [-0.25, -0.2) is 4.39 Å². The van der Waals surface area contributed by atoms with Crippen molar-refractivity contribution in [2.45, 2.75) is 23.8 Å². The normalized spacial score (nSPS) is 13.6. The molecule has 3 rings (SSSR count). The Morgan fingerprint density at radius 1 is 1.04 bits per heavy atom. The molecule has 10 nitrogen and oxygen atoms in total. The molecule has 0 bridgehead atoms. The first-order valence-corrected chi connectivity index (χ1v) is 10.3. The second kappa shape index (κ2) is 6.09. The second-order valence-corrected chi connectivity index (χ2v) is 9.59. The molecular formula is C14H13FN2O8S2. The van der Waals surface area contributed by atoms with E-state index in [4.69, 9.17) is 8.83 Å². The van der Waals surface area contributed by atoms with E-state index < -0.39 is 41.9 Å². The van der Waals surface area contributed by atoms with Crippen LogP contribution in [-0.4, -0.2) is 40.7 Å². The van der Waals surface area contributed by atoms with E-state index in [0.29, 0.717) is 11.0 Å². The highest BCUT2D eigenvalue weighted by Gasteiger charge is 2.52. The predicted octanol–water partition coefficient (Wildman–Crippen LogP) is 2.00. The van der Waals surface area contributed by atoms with E-state index in [1.54, 1.807) is 0 Å². The van der Waals surface area contributed by atoms with E-state index in [-0.39, 0.29) is 11.7 Å². The van der Waals surface area contributed by atoms with E-state index in [1.165, 1.54) is 24.3 Å². The minimum absolute atomic E-state index is 0.0282. The van der Waals surface area contributed by atoms with Gasteiger partial charge in [-0.15, -0.1) is 10.2 Å². The average molecular weight is 420 g/mol. The molecule has 0 unspecified atom stereocenters. The highest BCUT2D eigenvalue weighted by atomic mass is 32.3. The fraction of sp³-hybridized carbons (Fsp3) is 0.286. The van der Waals surface area contributed by atoms with Gasteiger partial charge in [0, 0.05) is 5.39 Å². The molecule has 0 radical (unpaired) electrons. The van der Waals surface area contributed by atoms with Crippen LogP contribution in [0.3, 0.4) is 0 Å². The lowest BCUT2D eigenvalue weighted by atomic mass is 9.96. The molecule has 0 spiro atoms. The largest absolute Gasteiger partial charge is 0.451 e. The van der Waals surface area contributed by atoms with Crippen molar-refractivity contribution in [2.75, 3.05) is 0 Å². The number of furan rings is 1. The standard InChI is InChI=1S/C14H13FN2O8S2/c1-14(2,13(26(18,19)20)27(21,22)23)12-17-16-11(25-12)10-6-7-5-8(15)3-4-9(7)24-10/h3-6,13H,1-2H3,(H,18,19,20)(H,21,22,23). The summed E-state index contributed by atoms with van der Waals surface area (Å²) in [6.45, 7) is 2.15. The molecule has 13 heteroatoms. The van der Waals surface area contributed by atoms with Crippen LogP contribution >= 0.6 is 0 Å². The lowest BCUT2D eigenvalue weighted by Crippen LogP contribution is -2.45. The summed E-state index contributed by atoms with van der Waals surface area (Å²) in [4.78, 5) is 0. The maximum absolute atomic E-state index is 13.3. The Bertz CT molecular complexity index is 1200. The molecule has 3 aromatic rings. The first-order chi connectivity index (χ1) is 12.3. The van der Waals surface area contributed by atoms with Gasteiger partial charge in [0.05, 0.1) is 5.41 Å². The van der Waals surface area contributed by atoms with Gasteiger partial charge in [0.25, 0.3) is 26.1 Å². The molecule has 0 saturated heterocycles. The van der Waals surface area contributed by atoms with Gasteiger partial charge in [0.15, 0.2) is 5.76 Å². The van der Waals surface area contributed by atoms with Gasteiger partial charge in [0.1, 0.15) is 11.4 Å². The summed E-state index contributed by atoms with van der Waals surface area (Å²) in [6.07, 6.45) is 0. The Balaban J connectivity index is 2.07. The van der Waals surface area contributed by atoms with Crippen LogP contribution in [0.5, 0.6) is 0 Å². The van der Waals surface area contributed by atoms with Crippen LogP contribution in [0.15, 0.2) is 33.1 Å². The first kappa shape index (κ1) is 19.4. The third-order valence-corrected chi connectivity index (χ3v) is 7.52. The topological polar surface area (TPSA) is 161 Å². The summed E-state index contributed by atoms with van der Waals surface area (Å²) in [5.41, 5.74) is -1.69. The van der Waals surface area contributed by atoms with E-state index >= 15 is 0 Å². The smallest absolute Gasteiger partial charge is 0.285 e. The van der Waals surface area contributed by atoms with Crippen molar-refractivity contribution in [3.63, 3.8) is 0 Å². The van der Waals surface area contributed by atoms with Gasteiger partial charge in [-0.05, 0) is 38.1 Å². The first-order valence-electron chi connectivity index (χ1n) is 7.26. The summed E-state index contributed by atoms with van der Waals surface area (Å²) < 4.78 is 85.8. The molecule has 0 fully saturated rings.